The number of aliphatic imine (C=N–C) groups is 1. The number of nitrogens with zero attached hydrogens (tertiary/aromatic N) is 2. The average Bonchev–Trinajstić information content (AvgIpc) is 3.24. The zero-order valence-corrected chi connectivity index (χ0v) is 14.9. The van der Waals surface area contributed by atoms with Gasteiger partial charge >= 0.3 is 6.18 Å². The fourth-order valence-electron chi connectivity index (χ4n) is 2.51. The number of amidine groups is 1. The van der Waals surface area contributed by atoms with Crippen LogP contribution in [-0.4, -0.2) is 39.7 Å². The molecule has 0 atom stereocenters. The Kier molecular flexibility index (Phi) is 4.88. The van der Waals surface area contributed by atoms with Crippen LogP contribution in [0.4, 0.5) is 18.9 Å². The van der Waals surface area contributed by atoms with Crippen LogP contribution in [0, 0.1) is 13.8 Å². The number of rotatable bonds is 4. The maximum atomic E-state index is 12.5. The van der Waals surface area contributed by atoms with Gasteiger partial charge in [0.05, 0.1) is 17.2 Å². The highest BCUT2D eigenvalue weighted by molar-refractivity contribution is 8.15. The summed E-state index contributed by atoms with van der Waals surface area (Å²) in [6, 6.07) is 3.79. The molecule has 0 radical (unpaired) electrons. The van der Waals surface area contributed by atoms with E-state index in [0.717, 1.165) is 35.7 Å². The largest absolute Gasteiger partial charge is 0.398 e. The van der Waals surface area contributed by atoms with Crippen LogP contribution < -0.4 is 0 Å². The molecular weight excluding hydrogens is 357 g/mol. The fraction of sp³-hybridized carbons (Fsp3) is 0.500. The lowest BCUT2D eigenvalue weighted by atomic mass is 10.1. The number of carbonyl (C=O) groups is 1. The predicted octanol–water partition coefficient (Wildman–Crippen LogP) is 4.68. The third-order valence-electron chi connectivity index (χ3n) is 3.81. The second kappa shape index (κ2) is 6.63. The number of aryl methyl sites for hydroxylation is 2. The van der Waals surface area contributed by atoms with Crippen molar-refractivity contribution in [2.75, 3.05) is 11.5 Å². The Bertz CT molecular complexity index is 699. The van der Waals surface area contributed by atoms with Crippen LogP contribution in [0.3, 0.4) is 0 Å². The van der Waals surface area contributed by atoms with E-state index >= 15 is 0 Å². The number of hydrogen-bond acceptors (Lipinski definition) is 4. The smallest absolute Gasteiger partial charge is 0.287 e. The fourth-order valence-corrected chi connectivity index (χ4v) is 4.26. The number of hydrogen-bond donors (Lipinski definition) is 0. The number of carbonyl (C=O) groups excluding carboxylic acids is 1. The molecule has 1 aliphatic heterocycles. The molecule has 1 amide bonds. The highest BCUT2D eigenvalue weighted by atomic mass is 32.2. The van der Waals surface area contributed by atoms with Crippen molar-refractivity contribution in [3.8, 4) is 0 Å². The second-order valence-electron chi connectivity index (χ2n) is 5.99. The van der Waals surface area contributed by atoms with Crippen LogP contribution >= 0.6 is 23.5 Å². The summed E-state index contributed by atoms with van der Waals surface area (Å²) >= 11 is 2.17. The van der Waals surface area contributed by atoms with Gasteiger partial charge in [-0.25, -0.2) is 4.99 Å². The number of benzene rings is 1. The number of alkyl halides is 3. The molecule has 2 aliphatic rings. The van der Waals surface area contributed by atoms with Crippen molar-refractivity contribution in [2.45, 2.75) is 43.8 Å². The Balaban J connectivity index is 1.87. The molecule has 3 rings (SSSR count). The molecule has 1 aliphatic carbocycles. The molecule has 130 valence electrons. The van der Waals surface area contributed by atoms with Crippen LogP contribution in [0.15, 0.2) is 22.0 Å². The van der Waals surface area contributed by atoms with Gasteiger partial charge in [0, 0.05) is 10.9 Å². The summed E-state index contributed by atoms with van der Waals surface area (Å²) in [7, 11) is 0. The first-order valence-electron chi connectivity index (χ1n) is 7.59. The number of amides is 1. The standard InChI is InChI=1S/C16H17F3N2OS2/c1-9-5-10(2)13(24-8-16(17,18)19)6-12(9)20-15-21(11-3-4-11)14(22)7-23-15/h5-6,11H,3-4,7-8H2,1-2H3. The first-order chi connectivity index (χ1) is 11.2. The molecule has 3 nitrogen and oxygen atoms in total. The van der Waals surface area contributed by atoms with Crippen molar-refractivity contribution >= 4 is 40.3 Å². The predicted molar refractivity (Wildman–Crippen MR) is 92.1 cm³/mol. The highest BCUT2D eigenvalue weighted by Gasteiger charge is 2.40. The van der Waals surface area contributed by atoms with Crippen LogP contribution in [0.1, 0.15) is 24.0 Å². The lowest BCUT2D eigenvalue weighted by molar-refractivity contribution is -0.124. The minimum Gasteiger partial charge on any atom is -0.287 e. The van der Waals surface area contributed by atoms with Crippen LogP contribution in [-0.2, 0) is 4.79 Å². The lowest BCUT2D eigenvalue weighted by Crippen LogP contribution is -2.31. The van der Waals surface area contributed by atoms with Gasteiger partial charge in [-0.05, 0) is 43.9 Å². The van der Waals surface area contributed by atoms with E-state index in [1.807, 2.05) is 13.0 Å². The van der Waals surface area contributed by atoms with Gasteiger partial charge < -0.3 is 0 Å². The van der Waals surface area contributed by atoms with Gasteiger partial charge in [0.2, 0.25) is 5.91 Å². The van der Waals surface area contributed by atoms with E-state index in [4.69, 9.17) is 0 Å². The van der Waals surface area contributed by atoms with E-state index in [1.54, 1.807) is 17.9 Å². The first-order valence-corrected chi connectivity index (χ1v) is 9.56. The SMILES string of the molecule is Cc1cc(C)c(SCC(F)(F)F)cc1N=C1SCC(=O)N1C1CC1. The molecule has 0 N–H and O–H groups in total. The minimum absolute atomic E-state index is 0.0673. The molecule has 0 spiro atoms. The summed E-state index contributed by atoms with van der Waals surface area (Å²) in [6.45, 7) is 3.68. The van der Waals surface area contributed by atoms with E-state index in [2.05, 4.69) is 4.99 Å². The Morgan fingerprint density at radius 2 is 2.00 bits per heavy atom. The van der Waals surface area contributed by atoms with Gasteiger partial charge in [-0.3, -0.25) is 9.69 Å². The molecule has 0 unspecified atom stereocenters. The quantitative estimate of drug-likeness (QED) is 0.717. The Morgan fingerprint density at radius 1 is 1.29 bits per heavy atom. The number of halogens is 3. The summed E-state index contributed by atoms with van der Waals surface area (Å²) in [5, 5.41) is 0.668. The van der Waals surface area contributed by atoms with Crippen molar-refractivity contribution < 1.29 is 18.0 Å². The summed E-state index contributed by atoms with van der Waals surface area (Å²) in [5.74, 6) is -0.470. The van der Waals surface area contributed by atoms with E-state index < -0.39 is 11.9 Å². The van der Waals surface area contributed by atoms with E-state index in [-0.39, 0.29) is 11.9 Å². The molecule has 1 saturated carbocycles. The monoisotopic (exact) mass is 374 g/mol. The van der Waals surface area contributed by atoms with Gasteiger partial charge in [0.1, 0.15) is 0 Å². The highest BCUT2D eigenvalue weighted by Crippen LogP contribution is 2.37. The molecule has 24 heavy (non-hydrogen) atoms. The maximum absolute atomic E-state index is 12.5. The van der Waals surface area contributed by atoms with Crippen LogP contribution in [0.5, 0.6) is 0 Å². The molecule has 1 aromatic carbocycles. The van der Waals surface area contributed by atoms with Gasteiger partial charge in [-0.2, -0.15) is 13.2 Å². The van der Waals surface area contributed by atoms with Crippen molar-refractivity contribution in [1.29, 1.82) is 0 Å². The van der Waals surface area contributed by atoms with Gasteiger partial charge in [0.15, 0.2) is 5.17 Å². The van der Waals surface area contributed by atoms with Gasteiger partial charge in [-0.15, -0.1) is 11.8 Å². The molecular formula is C16H17F3N2OS2. The van der Waals surface area contributed by atoms with E-state index in [0.29, 0.717) is 21.5 Å². The molecule has 0 bridgehead atoms. The molecule has 1 heterocycles. The molecule has 1 aromatic rings. The molecule has 0 aromatic heterocycles. The Morgan fingerprint density at radius 3 is 2.62 bits per heavy atom. The summed E-state index contributed by atoms with van der Waals surface area (Å²) in [6.07, 6.45) is -2.22. The Hall–Kier alpha value is -1.15. The van der Waals surface area contributed by atoms with Crippen molar-refractivity contribution in [1.82, 2.24) is 4.90 Å². The first kappa shape index (κ1) is 17.7. The number of thioether (sulfide) groups is 2. The van der Waals surface area contributed by atoms with Crippen LogP contribution in [0.2, 0.25) is 0 Å². The van der Waals surface area contributed by atoms with E-state index in [1.165, 1.54) is 11.8 Å². The minimum atomic E-state index is -4.20. The van der Waals surface area contributed by atoms with Crippen molar-refractivity contribution in [3.63, 3.8) is 0 Å². The maximum Gasteiger partial charge on any atom is 0.398 e. The van der Waals surface area contributed by atoms with Crippen molar-refractivity contribution in [2.24, 2.45) is 4.99 Å². The average molecular weight is 374 g/mol. The lowest BCUT2D eigenvalue weighted by Gasteiger charge is -2.16. The van der Waals surface area contributed by atoms with Gasteiger partial charge in [0.25, 0.3) is 0 Å². The summed E-state index contributed by atoms with van der Waals surface area (Å²) in [5.41, 5.74) is 2.33. The normalized spacial score (nSPS) is 20.3. The van der Waals surface area contributed by atoms with E-state index in [9.17, 15) is 18.0 Å². The summed E-state index contributed by atoms with van der Waals surface area (Å²) < 4.78 is 37.4. The van der Waals surface area contributed by atoms with Crippen LogP contribution in [0.25, 0.3) is 0 Å². The zero-order valence-electron chi connectivity index (χ0n) is 13.3. The zero-order chi connectivity index (χ0) is 17.5. The third kappa shape index (κ3) is 4.08. The Labute approximate surface area is 147 Å². The summed E-state index contributed by atoms with van der Waals surface area (Å²) in [4.78, 5) is 18.9. The van der Waals surface area contributed by atoms with Gasteiger partial charge in [-0.1, -0.05) is 17.8 Å². The second-order valence-corrected chi connectivity index (χ2v) is 7.95. The molecule has 2 fully saturated rings. The molecule has 8 heteroatoms. The molecule has 1 saturated heterocycles. The van der Waals surface area contributed by atoms with Crippen molar-refractivity contribution in [3.05, 3.63) is 23.3 Å². The topological polar surface area (TPSA) is 32.7 Å². The third-order valence-corrected chi connectivity index (χ3v) is 5.97.